The average molecular weight is 234 g/mol. The second-order valence-corrected chi connectivity index (χ2v) is 3.86. The molecule has 0 radical (unpaired) electrons. The molecule has 0 bridgehead atoms. The standard InChI is InChI=1S/C13H12F2N2/c1-8(16)12-6-5-9(7-17-12)13-10(14)3-2-4-11(13)15/h2-8H,16H2,1H3. The fourth-order valence-electron chi connectivity index (χ4n) is 1.60. The topological polar surface area (TPSA) is 38.9 Å². The third-order valence-corrected chi connectivity index (χ3v) is 2.50. The minimum atomic E-state index is -0.597. The van der Waals surface area contributed by atoms with Gasteiger partial charge < -0.3 is 5.73 Å². The Labute approximate surface area is 98.1 Å². The van der Waals surface area contributed by atoms with Crippen LogP contribution in [0.4, 0.5) is 8.78 Å². The summed E-state index contributed by atoms with van der Waals surface area (Å²) in [5, 5.41) is 0. The summed E-state index contributed by atoms with van der Waals surface area (Å²) in [6.45, 7) is 1.80. The van der Waals surface area contributed by atoms with Crippen LogP contribution < -0.4 is 5.73 Å². The third kappa shape index (κ3) is 2.31. The zero-order chi connectivity index (χ0) is 12.4. The summed E-state index contributed by atoms with van der Waals surface area (Å²) in [4.78, 5) is 4.08. The highest BCUT2D eigenvalue weighted by Gasteiger charge is 2.11. The molecule has 0 aliphatic rings. The van der Waals surface area contributed by atoms with Gasteiger partial charge in [0.05, 0.1) is 11.3 Å². The average Bonchev–Trinajstić information content (AvgIpc) is 2.29. The summed E-state index contributed by atoms with van der Waals surface area (Å²) in [6, 6.07) is 6.86. The van der Waals surface area contributed by atoms with E-state index in [4.69, 9.17) is 5.73 Å². The molecule has 88 valence electrons. The molecule has 1 aromatic heterocycles. The van der Waals surface area contributed by atoms with E-state index >= 15 is 0 Å². The number of benzene rings is 1. The van der Waals surface area contributed by atoms with Crippen molar-refractivity contribution < 1.29 is 8.78 Å². The monoisotopic (exact) mass is 234 g/mol. The summed E-state index contributed by atoms with van der Waals surface area (Å²) in [6.07, 6.45) is 1.43. The minimum Gasteiger partial charge on any atom is -0.323 e. The molecule has 0 spiro atoms. The van der Waals surface area contributed by atoms with Crippen LogP contribution in [0.3, 0.4) is 0 Å². The van der Waals surface area contributed by atoms with Crippen LogP contribution in [0.25, 0.3) is 11.1 Å². The maximum atomic E-state index is 13.5. The lowest BCUT2D eigenvalue weighted by Gasteiger charge is -2.07. The van der Waals surface area contributed by atoms with E-state index in [1.807, 2.05) is 0 Å². The van der Waals surface area contributed by atoms with Gasteiger partial charge in [0.2, 0.25) is 0 Å². The summed E-state index contributed by atoms with van der Waals surface area (Å²) < 4.78 is 27.0. The van der Waals surface area contributed by atoms with Gasteiger partial charge >= 0.3 is 0 Å². The highest BCUT2D eigenvalue weighted by Crippen LogP contribution is 2.25. The number of hydrogen-bond donors (Lipinski definition) is 1. The predicted molar refractivity (Wildman–Crippen MR) is 62.2 cm³/mol. The van der Waals surface area contributed by atoms with Crippen LogP contribution in [0.5, 0.6) is 0 Å². The van der Waals surface area contributed by atoms with E-state index in [1.165, 1.54) is 24.4 Å². The Kier molecular flexibility index (Phi) is 3.15. The molecule has 1 aromatic carbocycles. The van der Waals surface area contributed by atoms with Crippen LogP contribution in [0, 0.1) is 11.6 Å². The van der Waals surface area contributed by atoms with Gasteiger partial charge in [0.1, 0.15) is 11.6 Å². The molecule has 0 saturated heterocycles. The molecular weight excluding hydrogens is 222 g/mol. The molecule has 0 amide bonds. The fraction of sp³-hybridized carbons (Fsp3) is 0.154. The second-order valence-electron chi connectivity index (χ2n) is 3.86. The van der Waals surface area contributed by atoms with Gasteiger partial charge in [0.15, 0.2) is 0 Å². The summed E-state index contributed by atoms with van der Waals surface area (Å²) in [5.74, 6) is -1.19. The Morgan fingerprint density at radius 1 is 1.12 bits per heavy atom. The van der Waals surface area contributed by atoms with E-state index in [2.05, 4.69) is 4.98 Å². The lowest BCUT2D eigenvalue weighted by molar-refractivity contribution is 0.589. The van der Waals surface area contributed by atoms with Crippen LogP contribution in [0.2, 0.25) is 0 Å². The first-order chi connectivity index (χ1) is 8.09. The van der Waals surface area contributed by atoms with Gasteiger partial charge in [-0.2, -0.15) is 0 Å². The van der Waals surface area contributed by atoms with Gasteiger partial charge in [-0.1, -0.05) is 12.1 Å². The second kappa shape index (κ2) is 4.59. The van der Waals surface area contributed by atoms with E-state index in [1.54, 1.807) is 19.1 Å². The molecule has 2 N–H and O–H groups in total. The zero-order valence-corrected chi connectivity index (χ0v) is 9.32. The quantitative estimate of drug-likeness (QED) is 0.867. The van der Waals surface area contributed by atoms with E-state index in [-0.39, 0.29) is 11.6 Å². The maximum absolute atomic E-state index is 13.5. The normalized spacial score (nSPS) is 12.5. The Balaban J connectivity index is 2.47. The van der Waals surface area contributed by atoms with Crippen molar-refractivity contribution in [2.75, 3.05) is 0 Å². The SMILES string of the molecule is CC(N)c1ccc(-c2c(F)cccc2F)cn1. The molecule has 2 aromatic rings. The van der Waals surface area contributed by atoms with E-state index in [0.717, 1.165) is 0 Å². The van der Waals surface area contributed by atoms with Crippen LogP contribution in [-0.2, 0) is 0 Å². The molecule has 1 unspecified atom stereocenters. The van der Waals surface area contributed by atoms with Crippen LogP contribution in [-0.4, -0.2) is 4.98 Å². The van der Waals surface area contributed by atoms with Crippen molar-refractivity contribution in [2.45, 2.75) is 13.0 Å². The number of rotatable bonds is 2. The van der Waals surface area contributed by atoms with E-state index in [9.17, 15) is 8.78 Å². The van der Waals surface area contributed by atoms with Crippen molar-refractivity contribution in [3.05, 3.63) is 53.9 Å². The van der Waals surface area contributed by atoms with Crippen molar-refractivity contribution in [3.63, 3.8) is 0 Å². The van der Waals surface area contributed by atoms with E-state index < -0.39 is 11.6 Å². The van der Waals surface area contributed by atoms with Crippen molar-refractivity contribution in [1.29, 1.82) is 0 Å². The Bertz CT molecular complexity index is 501. The third-order valence-electron chi connectivity index (χ3n) is 2.50. The van der Waals surface area contributed by atoms with Crippen LogP contribution in [0.15, 0.2) is 36.5 Å². The Morgan fingerprint density at radius 2 is 1.76 bits per heavy atom. The van der Waals surface area contributed by atoms with Gasteiger partial charge in [0, 0.05) is 17.8 Å². The molecule has 0 aliphatic carbocycles. The highest BCUT2D eigenvalue weighted by atomic mass is 19.1. The predicted octanol–water partition coefficient (Wildman–Crippen LogP) is 3.05. The molecule has 17 heavy (non-hydrogen) atoms. The van der Waals surface area contributed by atoms with Crippen molar-refractivity contribution in [1.82, 2.24) is 4.98 Å². The number of nitrogens with zero attached hydrogens (tertiary/aromatic N) is 1. The largest absolute Gasteiger partial charge is 0.323 e. The summed E-state index contributed by atoms with van der Waals surface area (Å²) in [5.41, 5.74) is 6.69. The van der Waals surface area contributed by atoms with Gasteiger partial charge in [-0.15, -0.1) is 0 Å². The summed E-state index contributed by atoms with van der Waals surface area (Å²) in [7, 11) is 0. The van der Waals surface area contributed by atoms with Gasteiger partial charge in [-0.05, 0) is 25.1 Å². The molecule has 2 nitrogen and oxygen atoms in total. The Morgan fingerprint density at radius 3 is 2.24 bits per heavy atom. The number of hydrogen-bond acceptors (Lipinski definition) is 2. The first kappa shape index (κ1) is 11.7. The number of halogens is 2. The van der Waals surface area contributed by atoms with Gasteiger partial charge in [-0.25, -0.2) is 8.78 Å². The molecule has 1 heterocycles. The first-order valence-electron chi connectivity index (χ1n) is 5.25. The molecule has 4 heteroatoms. The number of aromatic nitrogens is 1. The number of nitrogens with two attached hydrogens (primary N) is 1. The fourth-order valence-corrected chi connectivity index (χ4v) is 1.60. The molecular formula is C13H12F2N2. The van der Waals surface area contributed by atoms with Gasteiger partial charge in [-0.3, -0.25) is 4.98 Å². The zero-order valence-electron chi connectivity index (χ0n) is 9.32. The van der Waals surface area contributed by atoms with Crippen LogP contribution in [0.1, 0.15) is 18.7 Å². The lowest BCUT2D eigenvalue weighted by atomic mass is 10.1. The molecule has 0 fully saturated rings. The first-order valence-corrected chi connectivity index (χ1v) is 5.25. The minimum absolute atomic E-state index is 0.0591. The number of pyridine rings is 1. The van der Waals surface area contributed by atoms with Crippen molar-refractivity contribution in [2.24, 2.45) is 5.73 Å². The molecule has 2 rings (SSSR count). The molecule has 1 atom stereocenters. The van der Waals surface area contributed by atoms with Gasteiger partial charge in [0.25, 0.3) is 0 Å². The Hall–Kier alpha value is -1.81. The van der Waals surface area contributed by atoms with Crippen LogP contribution >= 0.6 is 0 Å². The highest BCUT2D eigenvalue weighted by molar-refractivity contribution is 5.63. The smallest absolute Gasteiger partial charge is 0.134 e. The molecule has 0 saturated carbocycles. The van der Waals surface area contributed by atoms with Crippen molar-refractivity contribution >= 4 is 0 Å². The van der Waals surface area contributed by atoms with E-state index in [0.29, 0.717) is 11.3 Å². The molecule has 0 aliphatic heterocycles. The summed E-state index contributed by atoms with van der Waals surface area (Å²) >= 11 is 0. The van der Waals surface area contributed by atoms with Crippen molar-refractivity contribution in [3.8, 4) is 11.1 Å². The lowest BCUT2D eigenvalue weighted by Crippen LogP contribution is -2.06. The maximum Gasteiger partial charge on any atom is 0.134 e.